The van der Waals surface area contributed by atoms with Gasteiger partial charge in [0.2, 0.25) is 6.79 Å². The summed E-state index contributed by atoms with van der Waals surface area (Å²) < 4.78 is 16.3. The molecule has 0 aliphatic carbocycles. The lowest BCUT2D eigenvalue weighted by molar-refractivity contribution is -0.123. The zero-order valence-corrected chi connectivity index (χ0v) is 14.1. The van der Waals surface area contributed by atoms with E-state index in [4.69, 9.17) is 14.2 Å². The molecule has 5 heteroatoms. The molecule has 1 N–H and O–H groups in total. The minimum atomic E-state index is -0.161. The van der Waals surface area contributed by atoms with Crippen LogP contribution in [0.4, 0.5) is 0 Å². The molecule has 0 saturated carbocycles. The predicted octanol–water partition coefficient (Wildman–Crippen LogP) is 3.04. The van der Waals surface area contributed by atoms with Gasteiger partial charge in [-0.1, -0.05) is 12.1 Å². The molecule has 1 aliphatic rings. The summed E-state index contributed by atoms with van der Waals surface area (Å²) in [6.45, 7) is 6.70. The van der Waals surface area contributed by atoms with Crippen LogP contribution < -0.4 is 19.5 Å². The maximum Gasteiger partial charge on any atom is 0.258 e. The number of hydrogen-bond donors (Lipinski definition) is 1. The van der Waals surface area contributed by atoms with Gasteiger partial charge in [0.1, 0.15) is 5.75 Å². The standard InChI is InChI=1S/C19H21NO4/c1-12-6-13(2)14(3)17(7-12)22-10-19(21)20-9-15-4-5-16-18(8-15)24-11-23-16/h4-8H,9-11H2,1-3H3,(H,20,21). The quantitative estimate of drug-likeness (QED) is 0.917. The van der Waals surface area contributed by atoms with Crippen LogP contribution >= 0.6 is 0 Å². The minimum absolute atomic E-state index is 0.00567. The Morgan fingerprint density at radius 3 is 2.75 bits per heavy atom. The van der Waals surface area contributed by atoms with Gasteiger partial charge in [-0.05, 0) is 61.2 Å². The highest BCUT2D eigenvalue weighted by atomic mass is 16.7. The molecule has 0 spiro atoms. The van der Waals surface area contributed by atoms with Crippen molar-refractivity contribution in [3.63, 3.8) is 0 Å². The molecule has 0 radical (unpaired) electrons. The summed E-state index contributed by atoms with van der Waals surface area (Å²) in [5.41, 5.74) is 4.29. The van der Waals surface area contributed by atoms with E-state index in [1.807, 2.05) is 45.0 Å². The molecule has 1 amide bonds. The van der Waals surface area contributed by atoms with Crippen LogP contribution in [0.3, 0.4) is 0 Å². The lowest BCUT2D eigenvalue weighted by Gasteiger charge is -2.12. The summed E-state index contributed by atoms with van der Waals surface area (Å²) >= 11 is 0. The smallest absolute Gasteiger partial charge is 0.258 e. The van der Waals surface area contributed by atoms with Crippen LogP contribution in [0.1, 0.15) is 22.3 Å². The van der Waals surface area contributed by atoms with E-state index in [1.165, 1.54) is 0 Å². The molecule has 24 heavy (non-hydrogen) atoms. The van der Waals surface area contributed by atoms with E-state index in [1.54, 1.807) is 0 Å². The summed E-state index contributed by atoms with van der Waals surface area (Å²) in [6, 6.07) is 9.68. The highest BCUT2D eigenvalue weighted by Gasteiger charge is 2.13. The third-order valence-electron chi connectivity index (χ3n) is 4.05. The van der Waals surface area contributed by atoms with Crippen molar-refractivity contribution in [2.45, 2.75) is 27.3 Å². The first-order valence-electron chi connectivity index (χ1n) is 7.89. The molecule has 0 fully saturated rings. The summed E-state index contributed by atoms with van der Waals surface area (Å²) in [5, 5.41) is 2.85. The molecule has 126 valence electrons. The average Bonchev–Trinajstić information content (AvgIpc) is 3.02. The van der Waals surface area contributed by atoms with E-state index in [0.29, 0.717) is 12.3 Å². The molecule has 0 unspecified atom stereocenters. The summed E-state index contributed by atoms with van der Waals surface area (Å²) in [4.78, 5) is 12.0. The number of carbonyl (C=O) groups is 1. The van der Waals surface area contributed by atoms with E-state index >= 15 is 0 Å². The van der Waals surface area contributed by atoms with Crippen molar-refractivity contribution in [3.05, 3.63) is 52.6 Å². The fourth-order valence-electron chi connectivity index (χ4n) is 2.60. The third-order valence-corrected chi connectivity index (χ3v) is 4.05. The number of nitrogens with one attached hydrogen (secondary N) is 1. The van der Waals surface area contributed by atoms with Crippen molar-refractivity contribution >= 4 is 5.91 Å². The minimum Gasteiger partial charge on any atom is -0.483 e. The highest BCUT2D eigenvalue weighted by Crippen LogP contribution is 2.32. The molecule has 3 rings (SSSR count). The number of fused-ring (bicyclic) bond motifs is 1. The third kappa shape index (κ3) is 3.62. The second-order valence-corrected chi connectivity index (χ2v) is 5.96. The molecular formula is C19H21NO4. The van der Waals surface area contributed by atoms with Gasteiger partial charge in [-0.25, -0.2) is 0 Å². The van der Waals surface area contributed by atoms with Gasteiger partial charge in [-0.3, -0.25) is 4.79 Å². The number of aryl methyl sites for hydroxylation is 2. The van der Waals surface area contributed by atoms with E-state index < -0.39 is 0 Å². The van der Waals surface area contributed by atoms with Gasteiger partial charge in [0.25, 0.3) is 5.91 Å². The van der Waals surface area contributed by atoms with Gasteiger partial charge in [-0.2, -0.15) is 0 Å². The molecule has 2 aromatic carbocycles. The van der Waals surface area contributed by atoms with Crippen molar-refractivity contribution in [2.75, 3.05) is 13.4 Å². The number of benzene rings is 2. The van der Waals surface area contributed by atoms with Gasteiger partial charge in [0.05, 0.1) is 0 Å². The molecule has 1 aliphatic heterocycles. The first kappa shape index (κ1) is 16.2. The van der Waals surface area contributed by atoms with Crippen LogP contribution in [0, 0.1) is 20.8 Å². The first-order valence-corrected chi connectivity index (χ1v) is 7.89. The largest absolute Gasteiger partial charge is 0.483 e. The Morgan fingerprint density at radius 1 is 1.12 bits per heavy atom. The normalized spacial score (nSPS) is 12.1. The van der Waals surface area contributed by atoms with Gasteiger partial charge in [0, 0.05) is 6.54 Å². The fraction of sp³-hybridized carbons (Fsp3) is 0.316. The fourth-order valence-corrected chi connectivity index (χ4v) is 2.60. The van der Waals surface area contributed by atoms with E-state index in [9.17, 15) is 4.79 Å². The van der Waals surface area contributed by atoms with E-state index in [-0.39, 0.29) is 19.3 Å². The van der Waals surface area contributed by atoms with Crippen LogP contribution in [0.15, 0.2) is 30.3 Å². The van der Waals surface area contributed by atoms with E-state index in [2.05, 4.69) is 11.4 Å². The SMILES string of the molecule is Cc1cc(C)c(C)c(OCC(=O)NCc2ccc3c(c2)OCO3)c1. The lowest BCUT2D eigenvalue weighted by atomic mass is 10.1. The van der Waals surface area contributed by atoms with Crippen molar-refractivity contribution in [1.82, 2.24) is 5.32 Å². The number of hydrogen-bond acceptors (Lipinski definition) is 4. The second-order valence-electron chi connectivity index (χ2n) is 5.96. The molecule has 0 bridgehead atoms. The Bertz CT molecular complexity index is 770. The van der Waals surface area contributed by atoms with Gasteiger partial charge in [-0.15, -0.1) is 0 Å². The van der Waals surface area contributed by atoms with E-state index in [0.717, 1.165) is 33.8 Å². The van der Waals surface area contributed by atoms with Crippen molar-refractivity contribution < 1.29 is 19.0 Å². The monoisotopic (exact) mass is 327 g/mol. The molecule has 1 heterocycles. The van der Waals surface area contributed by atoms with Crippen LogP contribution in [0.25, 0.3) is 0 Å². The first-order chi connectivity index (χ1) is 11.5. The lowest BCUT2D eigenvalue weighted by Crippen LogP contribution is -2.28. The Hall–Kier alpha value is -2.69. The predicted molar refractivity (Wildman–Crippen MR) is 90.6 cm³/mol. The molecular weight excluding hydrogens is 306 g/mol. The summed E-state index contributed by atoms with van der Waals surface area (Å²) in [6.07, 6.45) is 0. The summed E-state index contributed by atoms with van der Waals surface area (Å²) in [7, 11) is 0. The Kier molecular flexibility index (Phi) is 4.60. The van der Waals surface area contributed by atoms with Crippen LogP contribution in [-0.2, 0) is 11.3 Å². The van der Waals surface area contributed by atoms with Gasteiger partial charge < -0.3 is 19.5 Å². The van der Waals surface area contributed by atoms with Gasteiger partial charge >= 0.3 is 0 Å². The molecule has 0 aromatic heterocycles. The molecule has 2 aromatic rings. The Morgan fingerprint density at radius 2 is 1.92 bits per heavy atom. The number of amides is 1. The van der Waals surface area contributed by atoms with Crippen molar-refractivity contribution in [2.24, 2.45) is 0 Å². The van der Waals surface area contributed by atoms with Crippen LogP contribution in [0.5, 0.6) is 17.2 Å². The van der Waals surface area contributed by atoms with Crippen LogP contribution in [-0.4, -0.2) is 19.3 Å². The van der Waals surface area contributed by atoms with Crippen molar-refractivity contribution in [1.29, 1.82) is 0 Å². The molecule has 0 saturated heterocycles. The van der Waals surface area contributed by atoms with Crippen LogP contribution in [0.2, 0.25) is 0 Å². The molecule has 5 nitrogen and oxygen atoms in total. The zero-order valence-electron chi connectivity index (χ0n) is 14.1. The van der Waals surface area contributed by atoms with Crippen molar-refractivity contribution in [3.8, 4) is 17.2 Å². The molecule has 0 atom stereocenters. The maximum absolute atomic E-state index is 12.0. The zero-order chi connectivity index (χ0) is 17.1. The number of carbonyl (C=O) groups excluding carboxylic acids is 1. The number of ether oxygens (including phenoxy) is 3. The second kappa shape index (κ2) is 6.83. The summed E-state index contributed by atoms with van der Waals surface area (Å²) in [5.74, 6) is 2.04. The Labute approximate surface area is 141 Å². The highest BCUT2D eigenvalue weighted by molar-refractivity contribution is 5.77. The number of rotatable bonds is 5. The Balaban J connectivity index is 1.53. The van der Waals surface area contributed by atoms with Gasteiger partial charge in [0.15, 0.2) is 18.1 Å². The maximum atomic E-state index is 12.0. The average molecular weight is 327 g/mol. The topological polar surface area (TPSA) is 56.8 Å².